The highest BCUT2D eigenvalue weighted by Crippen LogP contribution is 2.14. The molecule has 0 unspecified atom stereocenters. The van der Waals surface area contributed by atoms with Gasteiger partial charge in [0, 0.05) is 6.20 Å². The molecule has 9 heavy (non-hydrogen) atoms. The predicted octanol–water partition coefficient (Wildman–Crippen LogP) is 0.734. The zero-order chi connectivity index (χ0) is 6.85. The number of hydrogen-bond acceptors (Lipinski definition) is 2. The van der Waals surface area contributed by atoms with Crippen LogP contribution in [0.15, 0.2) is 17.1 Å². The van der Waals surface area contributed by atoms with Crippen LogP contribution in [0.1, 0.15) is 0 Å². The van der Waals surface area contributed by atoms with Gasteiger partial charge in [0.25, 0.3) is 5.56 Å². The molecule has 1 aromatic heterocycles. The molecule has 0 atom stereocenters. The van der Waals surface area contributed by atoms with Gasteiger partial charge >= 0.3 is 0 Å². The molecule has 48 valence electrons. The molecule has 0 aliphatic heterocycles. The molecular weight excluding hydrogens is 142 g/mol. The normalized spacial score (nSPS) is 9.44. The monoisotopic (exact) mass is 145 g/mol. The number of aromatic nitrogens is 1. The van der Waals surface area contributed by atoms with E-state index in [0.717, 1.165) is 0 Å². The Morgan fingerprint density at radius 3 is 2.78 bits per heavy atom. The van der Waals surface area contributed by atoms with Crippen molar-refractivity contribution in [3.63, 3.8) is 0 Å². The smallest absolute Gasteiger partial charge is 0.291 e. The summed E-state index contributed by atoms with van der Waals surface area (Å²) >= 11 is 5.34. The molecule has 0 bridgehead atoms. The molecule has 0 saturated heterocycles. The molecule has 1 heterocycles. The summed E-state index contributed by atoms with van der Waals surface area (Å²) in [5, 5.41) is 8.80. The van der Waals surface area contributed by atoms with Crippen LogP contribution in [0.25, 0.3) is 0 Å². The molecule has 3 nitrogen and oxygen atoms in total. The third-order valence-electron chi connectivity index (χ3n) is 0.885. The van der Waals surface area contributed by atoms with Crippen LogP contribution in [-0.2, 0) is 0 Å². The zero-order valence-corrected chi connectivity index (χ0v) is 5.14. The highest BCUT2D eigenvalue weighted by Gasteiger charge is 1.98. The summed E-state index contributed by atoms with van der Waals surface area (Å²) in [6.07, 6.45) is 1.37. The largest absolute Gasteiger partial charge is 0.502 e. The second kappa shape index (κ2) is 2.11. The number of H-pyrrole nitrogens is 1. The first kappa shape index (κ1) is 6.16. The van der Waals surface area contributed by atoms with Crippen molar-refractivity contribution in [3.05, 3.63) is 27.6 Å². The van der Waals surface area contributed by atoms with Crippen molar-refractivity contribution in [2.75, 3.05) is 0 Å². The molecule has 0 aliphatic carbocycles. The van der Waals surface area contributed by atoms with Crippen molar-refractivity contribution in [2.24, 2.45) is 0 Å². The van der Waals surface area contributed by atoms with Crippen LogP contribution in [0.3, 0.4) is 0 Å². The summed E-state index contributed by atoms with van der Waals surface area (Å²) in [7, 11) is 0. The molecule has 2 N–H and O–H groups in total. The Hall–Kier alpha value is -0.960. The van der Waals surface area contributed by atoms with Crippen LogP contribution in [-0.4, -0.2) is 10.1 Å². The van der Waals surface area contributed by atoms with Gasteiger partial charge in [0.15, 0.2) is 5.75 Å². The lowest BCUT2D eigenvalue weighted by atomic mass is 10.5. The van der Waals surface area contributed by atoms with Gasteiger partial charge in [-0.25, -0.2) is 0 Å². The van der Waals surface area contributed by atoms with Gasteiger partial charge in [-0.2, -0.15) is 0 Å². The van der Waals surface area contributed by atoms with Crippen molar-refractivity contribution in [1.29, 1.82) is 0 Å². The van der Waals surface area contributed by atoms with Crippen molar-refractivity contribution >= 4 is 11.6 Å². The Labute approximate surface area is 55.9 Å². The van der Waals surface area contributed by atoms with Gasteiger partial charge in [0.2, 0.25) is 0 Å². The van der Waals surface area contributed by atoms with E-state index < -0.39 is 11.3 Å². The summed E-state index contributed by atoms with van der Waals surface area (Å²) in [6, 6.07) is 1.40. The second-order valence-corrected chi connectivity index (χ2v) is 1.91. The Bertz CT molecular complexity index is 268. The van der Waals surface area contributed by atoms with Gasteiger partial charge in [-0.15, -0.1) is 0 Å². The molecule has 0 fully saturated rings. The Morgan fingerprint density at radius 2 is 2.33 bits per heavy atom. The molecule has 0 amide bonds. The number of hydrogen-bond donors (Lipinski definition) is 2. The highest BCUT2D eigenvalue weighted by molar-refractivity contribution is 6.31. The topological polar surface area (TPSA) is 53.1 Å². The molecule has 0 spiro atoms. The fourth-order valence-electron chi connectivity index (χ4n) is 0.446. The maximum absolute atomic E-state index is 10.4. The van der Waals surface area contributed by atoms with Crippen LogP contribution >= 0.6 is 11.6 Å². The fraction of sp³-hybridized carbons (Fsp3) is 0. The molecule has 1 rings (SSSR count). The van der Waals surface area contributed by atoms with E-state index in [9.17, 15) is 4.79 Å². The molecule has 0 saturated carbocycles. The number of pyridine rings is 1. The van der Waals surface area contributed by atoms with E-state index in [1.807, 2.05) is 0 Å². The van der Waals surface area contributed by atoms with Gasteiger partial charge in [0.1, 0.15) is 0 Å². The maximum atomic E-state index is 10.4. The lowest BCUT2D eigenvalue weighted by molar-refractivity contribution is 0.467. The molecule has 0 radical (unpaired) electrons. The average molecular weight is 146 g/mol. The standard InChI is InChI=1S/C5H4ClNO2/c6-3-1-2-7-5(9)4(3)8/h1-2,8H,(H,7,9). The molecule has 0 aromatic carbocycles. The van der Waals surface area contributed by atoms with E-state index in [2.05, 4.69) is 4.98 Å². The SMILES string of the molecule is O=c1[nH]ccc(Cl)c1O. The van der Waals surface area contributed by atoms with Crippen LogP contribution in [0, 0.1) is 0 Å². The van der Waals surface area contributed by atoms with Gasteiger partial charge in [0.05, 0.1) is 5.02 Å². The van der Waals surface area contributed by atoms with E-state index in [-0.39, 0.29) is 5.02 Å². The van der Waals surface area contributed by atoms with Crippen molar-refractivity contribution in [3.8, 4) is 5.75 Å². The summed E-state index contributed by atoms with van der Waals surface area (Å²) in [4.78, 5) is 12.7. The molecule has 1 aromatic rings. The number of halogens is 1. The van der Waals surface area contributed by atoms with E-state index in [4.69, 9.17) is 16.7 Å². The van der Waals surface area contributed by atoms with Crippen molar-refractivity contribution in [2.45, 2.75) is 0 Å². The van der Waals surface area contributed by atoms with Crippen molar-refractivity contribution in [1.82, 2.24) is 4.98 Å². The minimum atomic E-state index is -0.567. The van der Waals surface area contributed by atoms with Gasteiger partial charge in [-0.1, -0.05) is 11.6 Å². The van der Waals surface area contributed by atoms with Crippen LogP contribution in [0.5, 0.6) is 5.75 Å². The molecule has 0 aliphatic rings. The Kier molecular flexibility index (Phi) is 1.44. The Balaban J connectivity index is 3.43. The molecule has 4 heteroatoms. The lowest BCUT2D eigenvalue weighted by Crippen LogP contribution is -2.02. The first-order chi connectivity index (χ1) is 4.22. The van der Waals surface area contributed by atoms with E-state index in [1.165, 1.54) is 12.3 Å². The minimum Gasteiger partial charge on any atom is -0.502 e. The fourth-order valence-corrected chi connectivity index (χ4v) is 0.595. The van der Waals surface area contributed by atoms with Crippen molar-refractivity contribution < 1.29 is 5.11 Å². The van der Waals surface area contributed by atoms with Gasteiger partial charge in [-0.05, 0) is 6.07 Å². The number of aromatic amines is 1. The third-order valence-corrected chi connectivity index (χ3v) is 1.19. The number of rotatable bonds is 0. The number of nitrogens with one attached hydrogen (secondary N) is 1. The predicted molar refractivity (Wildman–Crippen MR) is 33.7 cm³/mol. The van der Waals surface area contributed by atoms with E-state index in [1.54, 1.807) is 0 Å². The van der Waals surface area contributed by atoms with Crippen LogP contribution < -0.4 is 5.56 Å². The van der Waals surface area contributed by atoms with E-state index >= 15 is 0 Å². The van der Waals surface area contributed by atoms with Crippen LogP contribution in [0.2, 0.25) is 5.02 Å². The summed E-state index contributed by atoms with van der Waals surface area (Å²) < 4.78 is 0. The third kappa shape index (κ3) is 1.05. The average Bonchev–Trinajstić information content (AvgIpc) is 1.83. The van der Waals surface area contributed by atoms with E-state index in [0.29, 0.717) is 0 Å². The van der Waals surface area contributed by atoms with Gasteiger partial charge < -0.3 is 10.1 Å². The zero-order valence-electron chi connectivity index (χ0n) is 4.39. The summed E-state index contributed by atoms with van der Waals surface area (Å²) in [6.45, 7) is 0. The number of aromatic hydroxyl groups is 1. The first-order valence-electron chi connectivity index (χ1n) is 2.28. The summed E-state index contributed by atoms with van der Waals surface area (Å²) in [5.41, 5.74) is -0.567. The molecular formula is C5H4ClNO2. The van der Waals surface area contributed by atoms with Gasteiger partial charge in [-0.3, -0.25) is 4.79 Å². The summed E-state index contributed by atoms with van der Waals surface area (Å²) in [5.74, 6) is -0.431. The highest BCUT2D eigenvalue weighted by atomic mass is 35.5. The Morgan fingerprint density at radius 1 is 1.67 bits per heavy atom. The maximum Gasteiger partial charge on any atom is 0.291 e. The lowest BCUT2D eigenvalue weighted by Gasteiger charge is -1.89. The minimum absolute atomic E-state index is 0.0683. The quantitative estimate of drug-likeness (QED) is 0.566. The van der Waals surface area contributed by atoms with Crippen LogP contribution in [0.4, 0.5) is 0 Å². The second-order valence-electron chi connectivity index (χ2n) is 1.50. The first-order valence-corrected chi connectivity index (χ1v) is 2.66.